The number of aromatic nitrogens is 4. The van der Waals surface area contributed by atoms with Crippen LogP contribution in [0.5, 0.6) is 0 Å². The first kappa shape index (κ1) is 28.7. The predicted molar refractivity (Wildman–Crippen MR) is 150 cm³/mol. The molecule has 10 nitrogen and oxygen atoms in total. The van der Waals surface area contributed by atoms with Gasteiger partial charge in [0.1, 0.15) is 6.54 Å². The molecule has 1 atom stereocenters. The standard InChI is InChI=1S/C23H22N6O4S.C3H8S/c1-28-13-21(27-15-28)34(33)29(12-17-10-24-14-26-17)18-7-8-19(23(32)25-11-22(30)31)20(9-18)16-5-3-2-4-6-16;1-3-4-2/h2-10,13-15H,11-12H2,1H3,(H,24,26)(H,25,32)(H,30,31);3H2,1-2H3. The molecule has 1 unspecified atom stereocenters. The molecule has 0 aliphatic rings. The highest BCUT2D eigenvalue weighted by molar-refractivity contribution is 7.98. The van der Waals surface area contributed by atoms with Gasteiger partial charge in [-0.05, 0) is 41.3 Å². The third-order valence-electron chi connectivity index (χ3n) is 5.24. The maximum atomic E-state index is 13.5. The van der Waals surface area contributed by atoms with Crippen LogP contribution in [0.25, 0.3) is 11.1 Å². The van der Waals surface area contributed by atoms with Gasteiger partial charge in [0.2, 0.25) is 0 Å². The van der Waals surface area contributed by atoms with Crippen LogP contribution in [0, 0.1) is 0 Å². The second kappa shape index (κ2) is 14.1. The zero-order chi connectivity index (χ0) is 27.5. The monoisotopic (exact) mass is 554 g/mol. The van der Waals surface area contributed by atoms with E-state index in [9.17, 15) is 13.8 Å². The second-order valence-corrected chi connectivity index (χ2v) is 10.5. The third-order valence-corrected chi connectivity index (χ3v) is 7.12. The molecule has 2 heterocycles. The number of benzene rings is 2. The number of aliphatic carboxylic acids is 1. The van der Waals surface area contributed by atoms with Crippen molar-refractivity contribution in [3.05, 3.63) is 84.8 Å². The molecule has 2 aromatic carbocycles. The number of amides is 1. The fourth-order valence-corrected chi connectivity index (χ4v) is 4.54. The Hall–Kier alpha value is -3.90. The van der Waals surface area contributed by atoms with Crippen LogP contribution in [0.4, 0.5) is 5.69 Å². The van der Waals surface area contributed by atoms with Crippen LogP contribution >= 0.6 is 11.8 Å². The zero-order valence-electron chi connectivity index (χ0n) is 21.3. The molecular formula is C26H30N6O4S2. The van der Waals surface area contributed by atoms with Gasteiger partial charge in [0.15, 0.2) is 16.0 Å². The zero-order valence-corrected chi connectivity index (χ0v) is 23.0. The number of nitrogens with zero attached hydrogens (tertiary/aromatic N) is 4. The number of carboxylic acid groups (broad SMARTS) is 1. The van der Waals surface area contributed by atoms with Crippen LogP contribution in [0.15, 0.2) is 78.6 Å². The number of carboxylic acids is 1. The Morgan fingerprint density at radius 3 is 2.53 bits per heavy atom. The van der Waals surface area contributed by atoms with Crippen LogP contribution in [-0.2, 0) is 29.4 Å². The lowest BCUT2D eigenvalue weighted by molar-refractivity contribution is -0.135. The fourth-order valence-electron chi connectivity index (χ4n) is 3.36. The van der Waals surface area contributed by atoms with Gasteiger partial charge in [0.05, 0.1) is 30.6 Å². The van der Waals surface area contributed by atoms with E-state index in [0.29, 0.717) is 21.8 Å². The molecule has 4 aromatic rings. The Kier molecular flexibility index (Phi) is 10.7. The maximum Gasteiger partial charge on any atom is 0.322 e. The van der Waals surface area contributed by atoms with Gasteiger partial charge >= 0.3 is 5.97 Å². The molecule has 0 spiro atoms. The van der Waals surface area contributed by atoms with E-state index in [-0.39, 0.29) is 6.54 Å². The lowest BCUT2D eigenvalue weighted by Crippen LogP contribution is -2.30. The van der Waals surface area contributed by atoms with Crippen LogP contribution in [0.3, 0.4) is 0 Å². The average molecular weight is 555 g/mol. The molecule has 2 aromatic heterocycles. The van der Waals surface area contributed by atoms with Crippen molar-refractivity contribution < 1.29 is 18.9 Å². The number of aryl methyl sites for hydroxylation is 1. The Labute approximate surface area is 228 Å². The second-order valence-electron chi connectivity index (χ2n) is 7.99. The number of anilines is 1. The molecule has 0 saturated carbocycles. The molecule has 3 N–H and O–H groups in total. The molecule has 12 heteroatoms. The van der Waals surface area contributed by atoms with Crippen LogP contribution in [0.2, 0.25) is 0 Å². The fraction of sp³-hybridized carbons (Fsp3) is 0.231. The number of aromatic amines is 1. The van der Waals surface area contributed by atoms with Crippen molar-refractivity contribution in [1.82, 2.24) is 24.8 Å². The Bertz CT molecular complexity index is 1360. The molecule has 0 radical (unpaired) electrons. The third kappa shape index (κ3) is 7.80. The highest BCUT2D eigenvalue weighted by atomic mass is 32.2. The minimum absolute atomic E-state index is 0.252. The molecule has 200 valence electrons. The summed E-state index contributed by atoms with van der Waals surface area (Å²) >= 11 is 1.86. The topological polar surface area (TPSA) is 133 Å². The molecular weight excluding hydrogens is 524 g/mol. The van der Waals surface area contributed by atoms with Crippen molar-refractivity contribution in [3.8, 4) is 11.1 Å². The van der Waals surface area contributed by atoms with Crippen molar-refractivity contribution in [1.29, 1.82) is 0 Å². The Morgan fingerprint density at radius 1 is 1.21 bits per heavy atom. The summed E-state index contributed by atoms with van der Waals surface area (Å²) in [6.45, 7) is 1.90. The van der Waals surface area contributed by atoms with Gasteiger partial charge in [-0.25, -0.2) is 14.2 Å². The van der Waals surface area contributed by atoms with Gasteiger partial charge < -0.3 is 20.0 Å². The average Bonchev–Trinajstić information content (AvgIpc) is 3.62. The molecule has 0 bridgehead atoms. The van der Waals surface area contributed by atoms with E-state index in [0.717, 1.165) is 11.3 Å². The van der Waals surface area contributed by atoms with Crippen molar-refractivity contribution in [2.24, 2.45) is 7.05 Å². The molecule has 1 amide bonds. The van der Waals surface area contributed by atoms with Gasteiger partial charge in [-0.3, -0.25) is 13.9 Å². The van der Waals surface area contributed by atoms with Crippen LogP contribution < -0.4 is 9.62 Å². The smallest absolute Gasteiger partial charge is 0.322 e. The van der Waals surface area contributed by atoms with Gasteiger partial charge in [0.25, 0.3) is 5.91 Å². The summed E-state index contributed by atoms with van der Waals surface area (Å²) in [4.78, 5) is 35.0. The number of hydrogen-bond acceptors (Lipinski definition) is 6. The SMILES string of the molecule is CCSC.Cn1cnc(S(=O)N(Cc2cnc[nH]2)c2ccc(C(=O)NCC(=O)O)c(-c3ccccc3)c2)c1. The Balaban J connectivity index is 0.000000934. The van der Waals surface area contributed by atoms with Gasteiger partial charge in [0, 0.05) is 25.0 Å². The summed E-state index contributed by atoms with van der Waals surface area (Å²) < 4.78 is 16.9. The van der Waals surface area contributed by atoms with E-state index in [1.165, 1.54) is 5.75 Å². The summed E-state index contributed by atoms with van der Waals surface area (Å²) in [5, 5.41) is 11.7. The van der Waals surface area contributed by atoms with E-state index in [1.54, 1.807) is 59.2 Å². The number of carbonyl (C=O) groups is 2. The normalized spacial score (nSPS) is 11.2. The highest BCUT2D eigenvalue weighted by Crippen LogP contribution is 2.31. The largest absolute Gasteiger partial charge is 0.480 e. The molecule has 0 aliphatic heterocycles. The summed E-state index contributed by atoms with van der Waals surface area (Å²) in [7, 11) is 0.144. The number of carbonyl (C=O) groups excluding carboxylic acids is 1. The lowest BCUT2D eigenvalue weighted by Gasteiger charge is -2.23. The Morgan fingerprint density at radius 2 is 1.95 bits per heavy atom. The van der Waals surface area contributed by atoms with E-state index in [4.69, 9.17) is 5.11 Å². The number of hydrogen-bond donors (Lipinski definition) is 3. The first-order valence-electron chi connectivity index (χ1n) is 11.7. The van der Waals surface area contributed by atoms with E-state index >= 15 is 0 Å². The highest BCUT2D eigenvalue weighted by Gasteiger charge is 2.22. The molecule has 0 fully saturated rings. The van der Waals surface area contributed by atoms with E-state index in [1.807, 2.05) is 42.1 Å². The molecule has 0 aliphatic carbocycles. The van der Waals surface area contributed by atoms with Crippen LogP contribution in [-0.4, -0.2) is 59.3 Å². The van der Waals surface area contributed by atoms with Crippen LogP contribution in [0.1, 0.15) is 23.0 Å². The first-order chi connectivity index (χ1) is 18.3. The number of thioether (sulfide) groups is 1. The molecule has 4 rings (SSSR count). The number of H-pyrrole nitrogens is 1. The van der Waals surface area contributed by atoms with Crippen molar-refractivity contribution in [2.45, 2.75) is 18.5 Å². The number of rotatable bonds is 10. The minimum atomic E-state index is -1.65. The van der Waals surface area contributed by atoms with Gasteiger partial charge in [-0.2, -0.15) is 11.8 Å². The summed E-state index contributed by atoms with van der Waals surface area (Å²) in [5.74, 6) is -0.415. The van der Waals surface area contributed by atoms with Crippen molar-refractivity contribution in [3.63, 3.8) is 0 Å². The first-order valence-corrected chi connectivity index (χ1v) is 14.2. The predicted octanol–water partition coefficient (Wildman–Crippen LogP) is 3.72. The van der Waals surface area contributed by atoms with Gasteiger partial charge in [-0.15, -0.1) is 0 Å². The summed E-state index contributed by atoms with van der Waals surface area (Å²) in [6, 6.07) is 14.3. The quantitative estimate of drug-likeness (QED) is 0.272. The molecule has 38 heavy (non-hydrogen) atoms. The summed E-state index contributed by atoms with van der Waals surface area (Å²) in [6.07, 6.45) is 8.55. The van der Waals surface area contributed by atoms with Crippen molar-refractivity contribution in [2.75, 3.05) is 22.9 Å². The minimum Gasteiger partial charge on any atom is -0.480 e. The van der Waals surface area contributed by atoms with Crippen molar-refractivity contribution >= 4 is 40.3 Å². The molecule has 0 saturated heterocycles. The summed E-state index contributed by atoms with van der Waals surface area (Å²) in [5.41, 5.74) is 2.98. The van der Waals surface area contributed by atoms with Gasteiger partial charge in [-0.1, -0.05) is 37.3 Å². The number of imidazole rings is 2. The van der Waals surface area contributed by atoms with E-state index < -0.39 is 29.4 Å². The number of nitrogens with one attached hydrogen (secondary N) is 2. The van der Waals surface area contributed by atoms with E-state index in [2.05, 4.69) is 33.4 Å². The maximum absolute atomic E-state index is 13.5. The lowest BCUT2D eigenvalue weighted by atomic mass is 9.98.